The predicted octanol–water partition coefficient (Wildman–Crippen LogP) is 2.90. The highest BCUT2D eigenvalue weighted by molar-refractivity contribution is 6.30. The number of rotatable bonds is 4. The van der Waals surface area contributed by atoms with E-state index in [4.69, 9.17) is 16.3 Å². The van der Waals surface area contributed by atoms with E-state index in [9.17, 15) is 4.39 Å². The van der Waals surface area contributed by atoms with Gasteiger partial charge < -0.3 is 4.74 Å². The van der Waals surface area contributed by atoms with Gasteiger partial charge in [0.15, 0.2) is 0 Å². The Kier molecular flexibility index (Phi) is 4.02. The molecule has 1 fully saturated rings. The van der Waals surface area contributed by atoms with E-state index in [2.05, 4.69) is 4.90 Å². The number of halogens is 2. The van der Waals surface area contributed by atoms with E-state index in [1.165, 1.54) is 0 Å². The van der Waals surface area contributed by atoms with Crippen LogP contribution in [-0.4, -0.2) is 37.4 Å². The lowest BCUT2D eigenvalue weighted by molar-refractivity contribution is 0.0467. The molecule has 0 spiro atoms. The molecule has 4 heteroatoms. The molecule has 0 saturated carbocycles. The first-order valence-corrected chi connectivity index (χ1v) is 6.14. The third kappa shape index (κ3) is 3.41. The second-order valence-electron chi connectivity index (χ2n) is 4.67. The van der Waals surface area contributed by atoms with Crippen LogP contribution in [0.25, 0.3) is 0 Å². The number of likely N-dealkylation sites (tertiary alicyclic amines) is 1. The van der Waals surface area contributed by atoms with Crippen LogP contribution in [0.2, 0.25) is 5.02 Å². The van der Waals surface area contributed by atoms with Crippen molar-refractivity contribution < 1.29 is 9.13 Å². The minimum atomic E-state index is -1.18. The fraction of sp³-hybridized carbons (Fsp3) is 0.538. The molecule has 94 valence electrons. The molecule has 0 amide bonds. The molecule has 17 heavy (non-hydrogen) atoms. The lowest BCUT2D eigenvalue weighted by Crippen LogP contribution is -2.33. The average molecular weight is 258 g/mol. The van der Waals surface area contributed by atoms with Gasteiger partial charge in [-0.3, -0.25) is 4.90 Å². The lowest BCUT2D eigenvalue weighted by atomic mass is 10.1. The van der Waals surface area contributed by atoms with Crippen molar-refractivity contribution in [3.8, 4) is 0 Å². The summed E-state index contributed by atoms with van der Waals surface area (Å²) in [6.45, 7) is 2.18. The molecule has 1 saturated heterocycles. The first kappa shape index (κ1) is 12.8. The van der Waals surface area contributed by atoms with Gasteiger partial charge in [0.25, 0.3) is 0 Å². The molecule has 0 aromatic heterocycles. The molecule has 0 radical (unpaired) electrons. The van der Waals surface area contributed by atoms with Crippen molar-refractivity contribution in [2.24, 2.45) is 0 Å². The minimum Gasteiger partial charge on any atom is -0.381 e. The molecule has 2 rings (SSSR count). The smallest absolute Gasteiger partial charge is 0.148 e. The summed E-state index contributed by atoms with van der Waals surface area (Å²) >= 11 is 5.82. The van der Waals surface area contributed by atoms with Crippen LogP contribution in [0.4, 0.5) is 4.39 Å². The first-order valence-electron chi connectivity index (χ1n) is 5.76. The summed E-state index contributed by atoms with van der Waals surface area (Å²) in [4.78, 5) is 2.11. The molecule has 1 unspecified atom stereocenters. The second-order valence-corrected chi connectivity index (χ2v) is 5.11. The Bertz CT molecular complexity index is 370. The molecule has 0 bridgehead atoms. The summed E-state index contributed by atoms with van der Waals surface area (Å²) in [5.74, 6) is 0. The van der Waals surface area contributed by atoms with Gasteiger partial charge in [-0.05, 0) is 24.1 Å². The first-order chi connectivity index (χ1) is 8.11. The number of hydrogen-bond donors (Lipinski definition) is 0. The standard InChI is InChI=1S/C13H17ClFNO/c1-17-10-13(15)6-7-16(9-13)8-11-2-4-12(14)5-3-11/h2-5H,6-10H2,1H3. The molecule has 2 nitrogen and oxygen atoms in total. The van der Waals surface area contributed by atoms with Gasteiger partial charge in [0.1, 0.15) is 5.67 Å². The summed E-state index contributed by atoms with van der Waals surface area (Å²) in [6, 6.07) is 7.70. The summed E-state index contributed by atoms with van der Waals surface area (Å²) in [5.41, 5.74) is -0.0164. The molecule has 1 heterocycles. The van der Waals surface area contributed by atoms with Crippen molar-refractivity contribution in [2.45, 2.75) is 18.6 Å². The summed E-state index contributed by atoms with van der Waals surface area (Å²) in [7, 11) is 1.54. The molecule has 1 aliphatic rings. The van der Waals surface area contributed by atoms with Crippen LogP contribution in [0.1, 0.15) is 12.0 Å². The van der Waals surface area contributed by atoms with Gasteiger partial charge in [-0.15, -0.1) is 0 Å². The van der Waals surface area contributed by atoms with E-state index in [0.717, 1.165) is 23.7 Å². The largest absolute Gasteiger partial charge is 0.381 e. The number of hydrogen-bond acceptors (Lipinski definition) is 2. The van der Waals surface area contributed by atoms with E-state index in [0.29, 0.717) is 13.0 Å². The van der Waals surface area contributed by atoms with E-state index in [1.54, 1.807) is 7.11 Å². The molecule has 0 N–H and O–H groups in total. The average Bonchev–Trinajstić information content (AvgIpc) is 2.64. The third-order valence-corrected chi connectivity index (χ3v) is 3.36. The fourth-order valence-corrected chi connectivity index (χ4v) is 2.40. The van der Waals surface area contributed by atoms with Gasteiger partial charge in [-0.1, -0.05) is 23.7 Å². The van der Waals surface area contributed by atoms with Gasteiger partial charge in [-0.2, -0.15) is 0 Å². The Hall–Kier alpha value is -0.640. The van der Waals surface area contributed by atoms with Gasteiger partial charge in [-0.25, -0.2) is 4.39 Å². The molecule has 1 aromatic carbocycles. The monoisotopic (exact) mass is 257 g/mol. The molecular weight excluding hydrogens is 241 g/mol. The molecule has 1 aromatic rings. The van der Waals surface area contributed by atoms with Crippen LogP contribution in [0.5, 0.6) is 0 Å². The maximum Gasteiger partial charge on any atom is 0.148 e. The lowest BCUT2D eigenvalue weighted by Gasteiger charge is -2.20. The maximum atomic E-state index is 14.1. The Balaban J connectivity index is 1.91. The highest BCUT2D eigenvalue weighted by Gasteiger charge is 2.38. The summed E-state index contributed by atoms with van der Waals surface area (Å²) < 4.78 is 19.1. The van der Waals surface area contributed by atoms with Gasteiger partial charge in [0.05, 0.1) is 6.61 Å². The summed E-state index contributed by atoms with van der Waals surface area (Å²) in [6.07, 6.45) is 0.550. The molecule has 1 aliphatic heterocycles. The topological polar surface area (TPSA) is 12.5 Å². The van der Waals surface area contributed by atoms with Gasteiger partial charge in [0, 0.05) is 31.8 Å². The number of nitrogens with zero attached hydrogens (tertiary/aromatic N) is 1. The van der Waals surface area contributed by atoms with Crippen LogP contribution in [0.3, 0.4) is 0 Å². The Morgan fingerprint density at radius 3 is 2.76 bits per heavy atom. The fourth-order valence-electron chi connectivity index (χ4n) is 2.28. The predicted molar refractivity (Wildman–Crippen MR) is 67.1 cm³/mol. The van der Waals surface area contributed by atoms with Crippen LogP contribution >= 0.6 is 11.6 Å². The zero-order chi connectivity index (χ0) is 12.3. The van der Waals surface area contributed by atoms with Crippen molar-refractivity contribution in [1.29, 1.82) is 0 Å². The highest BCUT2D eigenvalue weighted by atomic mass is 35.5. The number of methoxy groups -OCH3 is 1. The highest BCUT2D eigenvalue weighted by Crippen LogP contribution is 2.27. The van der Waals surface area contributed by atoms with Crippen LogP contribution in [0, 0.1) is 0 Å². The SMILES string of the molecule is COCC1(F)CCN(Cc2ccc(Cl)cc2)C1. The van der Waals surface area contributed by atoms with Crippen molar-refractivity contribution in [2.75, 3.05) is 26.8 Å². The molecular formula is C13H17ClFNO. The number of alkyl halides is 1. The van der Waals surface area contributed by atoms with Gasteiger partial charge in [0.2, 0.25) is 0 Å². The van der Waals surface area contributed by atoms with Crippen LogP contribution in [-0.2, 0) is 11.3 Å². The van der Waals surface area contributed by atoms with E-state index < -0.39 is 5.67 Å². The van der Waals surface area contributed by atoms with Gasteiger partial charge >= 0.3 is 0 Å². The minimum absolute atomic E-state index is 0.185. The normalized spacial score (nSPS) is 25.4. The van der Waals surface area contributed by atoms with E-state index in [1.807, 2.05) is 24.3 Å². The van der Waals surface area contributed by atoms with E-state index >= 15 is 0 Å². The van der Waals surface area contributed by atoms with Crippen LogP contribution < -0.4 is 0 Å². The van der Waals surface area contributed by atoms with Crippen molar-refractivity contribution in [3.63, 3.8) is 0 Å². The van der Waals surface area contributed by atoms with Crippen molar-refractivity contribution in [1.82, 2.24) is 4.90 Å². The van der Waals surface area contributed by atoms with E-state index in [-0.39, 0.29) is 6.61 Å². The summed E-state index contributed by atoms with van der Waals surface area (Å²) in [5, 5.41) is 0.731. The number of benzene rings is 1. The Labute approximate surface area is 106 Å². The quantitative estimate of drug-likeness (QED) is 0.822. The second kappa shape index (κ2) is 5.34. The van der Waals surface area contributed by atoms with Crippen LogP contribution in [0.15, 0.2) is 24.3 Å². The van der Waals surface area contributed by atoms with Crippen molar-refractivity contribution >= 4 is 11.6 Å². The van der Waals surface area contributed by atoms with Crippen molar-refractivity contribution in [3.05, 3.63) is 34.9 Å². The third-order valence-electron chi connectivity index (χ3n) is 3.11. The Morgan fingerprint density at radius 2 is 2.12 bits per heavy atom. The maximum absolute atomic E-state index is 14.1. The molecule has 1 atom stereocenters. The zero-order valence-corrected chi connectivity index (χ0v) is 10.7. The number of ether oxygens (including phenoxy) is 1. The molecule has 0 aliphatic carbocycles. The Morgan fingerprint density at radius 1 is 1.41 bits per heavy atom. The zero-order valence-electron chi connectivity index (χ0n) is 9.96.